The highest BCUT2D eigenvalue weighted by Gasteiger charge is 2.05. The Hall–Kier alpha value is -1.09. The molecule has 0 bridgehead atoms. The minimum atomic E-state index is -0.756. The Kier molecular flexibility index (Phi) is 14.5. The molecule has 0 aromatic carbocycles. The Balaban J connectivity index is 3.93. The van der Waals surface area contributed by atoms with Crippen LogP contribution in [0, 0.1) is 0 Å². The molecule has 0 saturated carbocycles. The molecule has 21 heavy (non-hydrogen) atoms. The lowest BCUT2D eigenvalue weighted by atomic mass is 10.2. The van der Waals surface area contributed by atoms with E-state index in [0.717, 1.165) is 25.9 Å². The molecule has 0 rings (SSSR count). The van der Waals surface area contributed by atoms with E-state index >= 15 is 0 Å². The van der Waals surface area contributed by atoms with Crippen LogP contribution in [0.5, 0.6) is 0 Å². The molecule has 3 heteroatoms. The van der Waals surface area contributed by atoms with E-state index in [9.17, 15) is 4.79 Å². The molecular formula is C18H33NO2. The van der Waals surface area contributed by atoms with Crippen LogP contribution < -0.4 is 0 Å². The van der Waals surface area contributed by atoms with Gasteiger partial charge in [-0.15, -0.1) is 0 Å². The predicted octanol–water partition coefficient (Wildman–Crippen LogP) is 4.65. The summed E-state index contributed by atoms with van der Waals surface area (Å²) in [5.41, 5.74) is 0. The number of hydrogen-bond donors (Lipinski definition) is 1. The summed E-state index contributed by atoms with van der Waals surface area (Å²) in [5.74, 6) is -0.756. The standard InChI is InChI=1S/C18H33NO2/c1-3-5-7-9-11-13-15-19(17-18(20)21)16-14-12-10-8-6-4-2/h11-14H,3-10,15-17H2,1-2H3,(H,20,21)/b13-11+,14-12+. The van der Waals surface area contributed by atoms with Crippen LogP contribution in [0.2, 0.25) is 0 Å². The molecule has 0 fully saturated rings. The molecule has 0 aromatic heterocycles. The molecular weight excluding hydrogens is 262 g/mol. The number of rotatable bonds is 14. The van der Waals surface area contributed by atoms with Gasteiger partial charge in [-0.2, -0.15) is 0 Å². The fourth-order valence-corrected chi connectivity index (χ4v) is 2.10. The zero-order valence-electron chi connectivity index (χ0n) is 13.9. The molecule has 0 spiro atoms. The van der Waals surface area contributed by atoms with Crippen molar-refractivity contribution in [2.75, 3.05) is 19.6 Å². The summed E-state index contributed by atoms with van der Waals surface area (Å²) in [7, 11) is 0. The smallest absolute Gasteiger partial charge is 0.317 e. The van der Waals surface area contributed by atoms with Crippen molar-refractivity contribution in [3.63, 3.8) is 0 Å². The first-order chi connectivity index (χ1) is 10.2. The van der Waals surface area contributed by atoms with Gasteiger partial charge in [0, 0.05) is 13.1 Å². The molecule has 1 N–H and O–H groups in total. The normalized spacial score (nSPS) is 12.0. The molecule has 0 aliphatic rings. The molecule has 0 heterocycles. The van der Waals surface area contributed by atoms with E-state index < -0.39 is 5.97 Å². The van der Waals surface area contributed by atoms with Crippen molar-refractivity contribution in [3.05, 3.63) is 24.3 Å². The Morgan fingerprint density at radius 3 is 1.71 bits per heavy atom. The number of hydrogen-bond acceptors (Lipinski definition) is 2. The summed E-state index contributed by atoms with van der Waals surface area (Å²) in [6.07, 6.45) is 18.2. The molecule has 0 aliphatic carbocycles. The Labute approximate surface area is 130 Å². The van der Waals surface area contributed by atoms with Crippen molar-refractivity contribution in [3.8, 4) is 0 Å². The zero-order valence-corrected chi connectivity index (χ0v) is 13.9. The first-order valence-electron chi connectivity index (χ1n) is 8.44. The second kappa shape index (κ2) is 15.3. The first kappa shape index (κ1) is 19.9. The van der Waals surface area contributed by atoms with E-state index in [0.29, 0.717) is 0 Å². The lowest BCUT2D eigenvalue weighted by Gasteiger charge is -2.15. The van der Waals surface area contributed by atoms with E-state index in [1.165, 1.54) is 38.5 Å². The molecule has 0 saturated heterocycles. The van der Waals surface area contributed by atoms with Crippen molar-refractivity contribution in [2.45, 2.75) is 65.2 Å². The first-order valence-corrected chi connectivity index (χ1v) is 8.44. The maximum atomic E-state index is 10.9. The van der Waals surface area contributed by atoms with E-state index in [1.54, 1.807) is 0 Å². The number of unbranched alkanes of at least 4 members (excludes halogenated alkanes) is 6. The van der Waals surface area contributed by atoms with E-state index in [1.807, 2.05) is 4.90 Å². The number of carboxylic acids is 1. The summed E-state index contributed by atoms with van der Waals surface area (Å²) in [4.78, 5) is 12.8. The second-order valence-corrected chi connectivity index (χ2v) is 5.52. The average molecular weight is 295 g/mol. The molecule has 0 unspecified atom stereocenters. The summed E-state index contributed by atoms with van der Waals surface area (Å²) in [5, 5.41) is 8.94. The molecule has 0 atom stereocenters. The maximum absolute atomic E-state index is 10.9. The van der Waals surface area contributed by atoms with Crippen LogP contribution in [0.15, 0.2) is 24.3 Å². The number of allylic oxidation sites excluding steroid dienone is 2. The Morgan fingerprint density at radius 2 is 1.33 bits per heavy atom. The van der Waals surface area contributed by atoms with Crippen LogP contribution in [0.3, 0.4) is 0 Å². The number of carboxylic acid groups (broad SMARTS) is 1. The minimum absolute atomic E-state index is 0.110. The number of aliphatic carboxylic acids is 1. The van der Waals surface area contributed by atoms with Gasteiger partial charge >= 0.3 is 5.97 Å². The maximum Gasteiger partial charge on any atom is 0.317 e. The zero-order chi connectivity index (χ0) is 15.8. The van der Waals surface area contributed by atoms with E-state index in [4.69, 9.17) is 5.11 Å². The molecule has 0 radical (unpaired) electrons. The van der Waals surface area contributed by atoms with Crippen LogP contribution in [0.1, 0.15) is 65.2 Å². The highest BCUT2D eigenvalue weighted by atomic mass is 16.4. The van der Waals surface area contributed by atoms with Gasteiger partial charge in [-0.3, -0.25) is 9.69 Å². The van der Waals surface area contributed by atoms with Crippen LogP contribution in [0.4, 0.5) is 0 Å². The number of carbonyl (C=O) groups is 1. The van der Waals surface area contributed by atoms with Gasteiger partial charge in [0.1, 0.15) is 0 Å². The fraction of sp³-hybridized carbons (Fsp3) is 0.722. The van der Waals surface area contributed by atoms with E-state index in [-0.39, 0.29) is 6.54 Å². The molecule has 122 valence electrons. The molecule has 0 aliphatic heterocycles. The van der Waals surface area contributed by atoms with Crippen LogP contribution in [-0.4, -0.2) is 35.6 Å². The average Bonchev–Trinajstić information content (AvgIpc) is 2.45. The predicted molar refractivity (Wildman–Crippen MR) is 90.6 cm³/mol. The van der Waals surface area contributed by atoms with Gasteiger partial charge in [-0.05, 0) is 25.7 Å². The van der Waals surface area contributed by atoms with Gasteiger partial charge in [0.15, 0.2) is 0 Å². The molecule has 3 nitrogen and oxygen atoms in total. The lowest BCUT2D eigenvalue weighted by molar-refractivity contribution is -0.138. The van der Waals surface area contributed by atoms with Gasteiger partial charge < -0.3 is 5.11 Å². The van der Waals surface area contributed by atoms with Crippen molar-refractivity contribution in [2.24, 2.45) is 0 Å². The Morgan fingerprint density at radius 1 is 0.857 bits per heavy atom. The van der Waals surface area contributed by atoms with Gasteiger partial charge in [0.25, 0.3) is 0 Å². The molecule has 0 aromatic rings. The summed E-state index contributed by atoms with van der Waals surface area (Å²) in [6, 6.07) is 0. The van der Waals surface area contributed by atoms with Gasteiger partial charge in [-0.25, -0.2) is 0 Å². The summed E-state index contributed by atoms with van der Waals surface area (Å²) < 4.78 is 0. The van der Waals surface area contributed by atoms with Crippen molar-refractivity contribution in [1.29, 1.82) is 0 Å². The Bertz CT molecular complexity index is 276. The highest BCUT2D eigenvalue weighted by molar-refractivity contribution is 5.69. The summed E-state index contributed by atoms with van der Waals surface area (Å²) in [6.45, 7) is 5.95. The fourth-order valence-electron chi connectivity index (χ4n) is 2.10. The van der Waals surface area contributed by atoms with Crippen LogP contribution in [-0.2, 0) is 4.79 Å². The highest BCUT2D eigenvalue weighted by Crippen LogP contribution is 2.01. The summed E-state index contributed by atoms with van der Waals surface area (Å²) >= 11 is 0. The van der Waals surface area contributed by atoms with Gasteiger partial charge in [0.2, 0.25) is 0 Å². The van der Waals surface area contributed by atoms with Crippen LogP contribution >= 0.6 is 0 Å². The van der Waals surface area contributed by atoms with Crippen LogP contribution in [0.25, 0.3) is 0 Å². The largest absolute Gasteiger partial charge is 0.480 e. The van der Waals surface area contributed by atoms with Gasteiger partial charge in [0.05, 0.1) is 6.54 Å². The van der Waals surface area contributed by atoms with E-state index in [2.05, 4.69) is 38.2 Å². The second-order valence-electron chi connectivity index (χ2n) is 5.52. The van der Waals surface area contributed by atoms with Crippen molar-refractivity contribution in [1.82, 2.24) is 4.90 Å². The van der Waals surface area contributed by atoms with Gasteiger partial charge in [-0.1, -0.05) is 63.8 Å². The third-order valence-corrected chi connectivity index (χ3v) is 3.37. The SMILES string of the molecule is CCCCC/C=C/CN(C/C=C/CCCCC)CC(=O)O. The minimum Gasteiger partial charge on any atom is -0.480 e. The van der Waals surface area contributed by atoms with Crippen molar-refractivity contribution >= 4 is 5.97 Å². The quantitative estimate of drug-likeness (QED) is 0.375. The third kappa shape index (κ3) is 15.1. The molecule has 0 amide bonds. The number of nitrogens with zero attached hydrogens (tertiary/aromatic N) is 1. The third-order valence-electron chi connectivity index (χ3n) is 3.37. The topological polar surface area (TPSA) is 40.5 Å². The monoisotopic (exact) mass is 295 g/mol. The van der Waals surface area contributed by atoms with Crippen molar-refractivity contribution < 1.29 is 9.90 Å². The lowest BCUT2D eigenvalue weighted by Crippen LogP contribution is -2.30.